The molecule has 1 amide bonds. The summed E-state index contributed by atoms with van der Waals surface area (Å²) in [5, 5.41) is 2.36. The Balaban J connectivity index is 2.14. The molecule has 0 radical (unpaired) electrons. The summed E-state index contributed by atoms with van der Waals surface area (Å²) in [6.07, 6.45) is -4.03. The second-order valence-corrected chi connectivity index (χ2v) is 4.44. The Kier molecular flexibility index (Phi) is 4.30. The number of aromatic nitrogens is 1. The summed E-state index contributed by atoms with van der Waals surface area (Å²) in [7, 11) is 0. The molecule has 0 aliphatic rings. The summed E-state index contributed by atoms with van der Waals surface area (Å²) in [6, 6.07) is 6.22. The van der Waals surface area contributed by atoms with Crippen molar-refractivity contribution >= 4 is 11.6 Å². The van der Waals surface area contributed by atoms with Gasteiger partial charge in [0.25, 0.3) is 5.56 Å². The number of anilines is 1. The van der Waals surface area contributed by atoms with Crippen LogP contribution in [-0.4, -0.2) is 10.5 Å². The topological polar surface area (TPSA) is 51.1 Å². The molecule has 22 heavy (non-hydrogen) atoms. The second kappa shape index (κ2) is 6.00. The molecule has 116 valence electrons. The van der Waals surface area contributed by atoms with Crippen LogP contribution in [0.15, 0.2) is 47.4 Å². The van der Waals surface area contributed by atoms with E-state index in [-0.39, 0.29) is 5.69 Å². The van der Waals surface area contributed by atoms with Crippen molar-refractivity contribution in [2.24, 2.45) is 0 Å². The Bertz CT molecular complexity index is 736. The Morgan fingerprint density at radius 2 is 1.73 bits per heavy atom. The highest BCUT2D eigenvalue weighted by atomic mass is 19.4. The molecule has 0 bridgehead atoms. The van der Waals surface area contributed by atoms with Crippen LogP contribution in [0.25, 0.3) is 0 Å². The van der Waals surface area contributed by atoms with Crippen LogP contribution in [0.1, 0.15) is 5.56 Å². The fourth-order valence-electron chi connectivity index (χ4n) is 1.71. The lowest BCUT2D eigenvalue weighted by atomic mass is 10.2. The number of rotatable bonds is 3. The highest BCUT2D eigenvalue weighted by Crippen LogP contribution is 2.27. The summed E-state index contributed by atoms with van der Waals surface area (Å²) < 4.78 is 51.1. The quantitative estimate of drug-likeness (QED) is 0.886. The molecule has 8 heteroatoms. The molecule has 1 heterocycles. The molecule has 1 aromatic heterocycles. The predicted molar refractivity (Wildman–Crippen MR) is 70.7 cm³/mol. The number of carbonyl (C=O) groups is 1. The van der Waals surface area contributed by atoms with E-state index < -0.39 is 35.6 Å². The number of nitrogens with one attached hydrogen (secondary N) is 1. The highest BCUT2D eigenvalue weighted by molar-refractivity contribution is 5.90. The SMILES string of the molecule is O=C(Cn1cc(C(F)(F)F)ccc1=O)Nc1ccc(F)cc1. The van der Waals surface area contributed by atoms with Crippen LogP contribution >= 0.6 is 0 Å². The van der Waals surface area contributed by atoms with E-state index >= 15 is 0 Å². The van der Waals surface area contributed by atoms with Gasteiger partial charge in [0.2, 0.25) is 5.91 Å². The number of pyridine rings is 1. The number of carbonyl (C=O) groups excluding carboxylic acids is 1. The molecule has 4 nitrogen and oxygen atoms in total. The molecule has 1 N–H and O–H groups in total. The number of hydrogen-bond donors (Lipinski definition) is 1. The number of amides is 1. The monoisotopic (exact) mass is 314 g/mol. The van der Waals surface area contributed by atoms with Gasteiger partial charge in [-0.3, -0.25) is 9.59 Å². The first-order valence-corrected chi connectivity index (χ1v) is 6.09. The minimum atomic E-state index is -4.61. The minimum absolute atomic E-state index is 0.270. The van der Waals surface area contributed by atoms with Crippen LogP contribution < -0.4 is 10.9 Å². The molecular weight excluding hydrogens is 304 g/mol. The third-order valence-electron chi connectivity index (χ3n) is 2.75. The van der Waals surface area contributed by atoms with Gasteiger partial charge in [0.1, 0.15) is 12.4 Å². The van der Waals surface area contributed by atoms with Gasteiger partial charge in [-0.05, 0) is 30.3 Å². The number of hydrogen-bond acceptors (Lipinski definition) is 2. The number of benzene rings is 1. The van der Waals surface area contributed by atoms with Crippen molar-refractivity contribution < 1.29 is 22.4 Å². The third-order valence-corrected chi connectivity index (χ3v) is 2.75. The summed E-state index contributed by atoms with van der Waals surface area (Å²) in [4.78, 5) is 23.2. The van der Waals surface area contributed by atoms with Crippen LogP contribution in [0.3, 0.4) is 0 Å². The van der Waals surface area contributed by atoms with Crippen molar-refractivity contribution in [3.05, 3.63) is 64.3 Å². The van der Waals surface area contributed by atoms with Gasteiger partial charge in [-0.15, -0.1) is 0 Å². The van der Waals surface area contributed by atoms with E-state index in [0.29, 0.717) is 16.8 Å². The maximum Gasteiger partial charge on any atom is 0.417 e. The molecule has 2 rings (SSSR count). The van der Waals surface area contributed by atoms with E-state index in [1.54, 1.807) is 0 Å². The smallest absolute Gasteiger partial charge is 0.325 e. The van der Waals surface area contributed by atoms with E-state index in [9.17, 15) is 27.2 Å². The lowest BCUT2D eigenvalue weighted by molar-refractivity contribution is -0.138. The van der Waals surface area contributed by atoms with Gasteiger partial charge in [-0.25, -0.2) is 4.39 Å². The fraction of sp³-hybridized carbons (Fsp3) is 0.143. The van der Waals surface area contributed by atoms with Gasteiger partial charge in [-0.2, -0.15) is 13.2 Å². The van der Waals surface area contributed by atoms with Crippen molar-refractivity contribution in [3.63, 3.8) is 0 Å². The van der Waals surface area contributed by atoms with Gasteiger partial charge in [0.05, 0.1) is 5.56 Å². The van der Waals surface area contributed by atoms with Crippen LogP contribution in [0.4, 0.5) is 23.2 Å². The van der Waals surface area contributed by atoms with E-state index in [1.165, 1.54) is 12.1 Å². The lowest BCUT2D eigenvalue weighted by Gasteiger charge is -2.11. The van der Waals surface area contributed by atoms with Gasteiger partial charge in [0, 0.05) is 18.0 Å². The summed E-state index contributed by atoms with van der Waals surface area (Å²) in [6.45, 7) is -0.583. The number of alkyl halides is 3. The first-order valence-electron chi connectivity index (χ1n) is 6.09. The van der Waals surface area contributed by atoms with Crippen LogP contribution in [-0.2, 0) is 17.5 Å². The van der Waals surface area contributed by atoms with Crippen LogP contribution in [0, 0.1) is 5.82 Å². The van der Waals surface area contributed by atoms with E-state index in [1.807, 2.05) is 0 Å². The summed E-state index contributed by atoms with van der Waals surface area (Å²) in [5.74, 6) is -1.19. The first-order chi connectivity index (χ1) is 10.3. The largest absolute Gasteiger partial charge is 0.417 e. The zero-order chi connectivity index (χ0) is 16.3. The maximum atomic E-state index is 12.7. The summed E-state index contributed by atoms with van der Waals surface area (Å²) >= 11 is 0. The molecule has 2 aromatic rings. The second-order valence-electron chi connectivity index (χ2n) is 4.44. The maximum absolute atomic E-state index is 12.7. The van der Waals surface area contributed by atoms with E-state index in [2.05, 4.69) is 5.32 Å². The molecule has 0 saturated carbocycles. The summed E-state index contributed by atoms with van der Waals surface area (Å²) in [5.41, 5.74) is -1.49. The Morgan fingerprint density at radius 1 is 1.09 bits per heavy atom. The zero-order valence-electron chi connectivity index (χ0n) is 11.0. The third kappa shape index (κ3) is 3.94. The Labute approximate surface area is 122 Å². The van der Waals surface area contributed by atoms with Gasteiger partial charge in [-0.1, -0.05) is 0 Å². The highest BCUT2D eigenvalue weighted by Gasteiger charge is 2.31. The molecule has 0 spiro atoms. The van der Waals surface area contributed by atoms with Crippen molar-refractivity contribution in [2.45, 2.75) is 12.7 Å². The Morgan fingerprint density at radius 3 is 2.32 bits per heavy atom. The molecule has 0 aliphatic heterocycles. The van der Waals surface area contributed by atoms with Crippen molar-refractivity contribution in [1.82, 2.24) is 4.57 Å². The molecule has 1 aromatic carbocycles. The standard InChI is InChI=1S/C14H10F4N2O2/c15-10-2-4-11(5-3-10)19-12(21)8-20-7-9(14(16,17)18)1-6-13(20)22/h1-7H,8H2,(H,19,21). The fourth-order valence-corrected chi connectivity index (χ4v) is 1.71. The van der Waals surface area contributed by atoms with Crippen LogP contribution in [0.2, 0.25) is 0 Å². The number of halogens is 4. The molecular formula is C14H10F4N2O2. The molecule has 0 saturated heterocycles. The lowest BCUT2D eigenvalue weighted by Crippen LogP contribution is -2.28. The first kappa shape index (κ1) is 15.7. The minimum Gasteiger partial charge on any atom is -0.325 e. The van der Waals surface area contributed by atoms with E-state index in [0.717, 1.165) is 18.2 Å². The van der Waals surface area contributed by atoms with Gasteiger partial charge >= 0.3 is 6.18 Å². The van der Waals surface area contributed by atoms with Gasteiger partial charge in [0.15, 0.2) is 0 Å². The number of nitrogens with zero attached hydrogens (tertiary/aromatic N) is 1. The average molecular weight is 314 g/mol. The molecule has 0 atom stereocenters. The van der Waals surface area contributed by atoms with E-state index in [4.69, 9.17) is 0 Å². The van der Waals surface area contributed by atoms with Gasteiger partial charge < -0.3 is 9.88 Å². The average Bonchev–Trinajstić information content (AvgIpc) is 2.42. The molecule has 0 aliphatic carbocycles. The van der Waals surface area contributed by atoms with Crippen LogP contribution in [0.5, 0.6) is 0 Å². The normalized spacial score (nSPS) is 11.3. The molecule has 0 fully saturated rings. The Hall–Kier alpha value is -2.64. The van der Waals surface area contributed by atoms with Crippen molar-refractivity contribution in [2.75, 3.05) is 5.32 Å². The van der Waals surface area contributed by atoms with Crippen molar-refractivity contribution in [3.8, 4) is 0 Å². The predicted octanol–water partition coefficient (Wildman–Crippen LogP) is 2.64. The zero-order valence-corrected chi connectivity index (χ0v) is 11.0. The molecule has 0 unspecified atom stereocenters. The van der Waals surface area contributed by atoms with Crippen molar-refractivity contribution in [1.29, 1.82) is 0 Å².